The summed E-state index contributed by atoms with van der Waals surface area (Å²) in [6, 6.07) is 11.3. The van der Waals surface area contributed by atoms with E-state index in [1.54, 1.807) is 17.8 Å². The molecule has 33 heavy (non-hydrogen) atoms. The normalized spacial score (nSPS) is 15.0. The molecule has 0 saturated carbocycles. The maximum Gasteiger partial charge on any atom is 0.293 e. The first-order valence-electron chi connectivity index (χ1n) is 10.3. The summed E-state index contributed by atoms with van der Waals surface area (Å²) in [5.74, 6) is -0.402. The molecule has 1 aromatic carbocycles. The summed E-state index contributed by atoms with van der Waals surface area (Å²) in [5.41, 5.74) is 3.36. The van der Waals surface area contributed by atoms with Crippen molar-refractivity contribution in [1.82, 2.24) is 25.0 Å². The zero-order valence-electron chi connectivity index (χ0n) is 18.5. The standard InChI is InChI=1S/C23H23N5O4S/c1-14-11-15(2)25-20-19(14)21(26-27(20)3)32-13-18(29)24-9-10-28-22(30)17(33-23(28)31)12-16-7-5-4-6-8-16/h4-8,11-12H,9-10,13H2,1-3H3,(H,24,29)/b17-12+. The number of amides is 3. The van der Waals surface area contributed by atoms with Gasteiger partial charge in [-0.1, -0.05) is 30.3 Å². The van der Waals surface area contributed by atoms with Gasteiger partial charge in [0, 0.05) is 25.8 Å². The number of aromatic nitrogens is 3. The van der Waals surface area contributed by atoms with E-state index >= 15 is 0 Å². The highest BCUT2D eigenvalue weighted by atomic mass is 32.2. The largest absolute Gasteiger partial charge is 0.466 e. The number of imide groups is 1. The molecule has 0 unspecified atom stereocenters. The number of pyridine rings is 1. The summed E-state index contributed by atoms with van der Waals surface area (Å²) in [5, 5.41) is 7.40. The highest BCUT2D eigenvalue weighted by molar-refractivity contribution is 8.18. The molecular formula is C23H23N5O4S. The molecule has 0 atom stereocenters. The van der Waals surface area contributed by atoms with Gasteiger partial charge in [0.2, 0.25) is 5.88 Å². The third-order valence-corrected chi connectivity index (χ3v) is 5.96. The molecule has 1 fully saturated rings. The van der Waals surface area contributed by atoms with Crippen molar-refractivity contribution in [2.75, 3.05) is 19.7 Å². The Hall–Kier alpha value is -3.66. The minimum absolute atomic E-state index is 0.0807. The topological polar surface area (TPSA) is 106 Å². The van der Waals surface area contributed by atoms with Crippen LogP contribution in [0.25, 0.3) is 17.1 Å². The number of thioether (sulfide) groups is 1. The van der Waals surface area contributed by atoms with E-state index in [1.165, 1.54) is 0 Å². The summed E-state index contributed by atoms with van der Waals surface area (Å²) in [7, 11) is 1.77. The fraction of sp³-hybridized carbons (Fsp3) is 0.261. The first-order valence-corrected chi connectivity index (χ1v) is 11.2. The van der Waals surface area contributed by atoms with Crippen LogP contribution in [0.2, 0.25) is 0 Å². The number of ether oxygens (including phenoxy) is 1. The number of rotatable bonds is 7. The lowest BCUT2D eigenvalue weighted by Crippen LogP contribution is -2.38. The number of aryl methyl sites for hydroxylation is 3. The van der Waals surface area contributed by atoms with E-state index in [9.17, 15) is 14.4 Å². The molecule has 3 amide bonds. The predicted octanol–water partition coefficient (Wildman–Crippen LogP) is 2.82. The van der Waals surface area contributed by atoms with Gasteiger partial charge < -0.3 is 10.1 Å². The second-order valence-electron chi connectivity index (χ2n) is 7.59. The van der Waals surface area contributed by atoms with E-state index in [0.29, 0.717) is 16.4 Å². The molecule has 0 spiro atoms. The van der Waals surface area contributed by atoms with Crippen LogP contribution in [-0.2, 0) is 16.6 Å². The first-order chi connectivity index (χ1) is 15.8. The van der Waals surface area contributed by atoms with Crippen molar-refractivity contribution >= 4 is 45.9 Å². The molecular weight excluding hydrogens is 442 g/mol. The molecule has 3 heterocycles. The van der Waals surface area contributed by atoms with Gasteiger partial charge in [-0.2, -0.15) is 0 Å². The van der Waals surface area contributed by atoms with Crippen LogP contribution in [0.3, 0.4) is 0 Å². The van der Waals surface area contributed by atoms with Gasteiger partial charge in [0.05, 0.1) is 10.3 Å². The van der Waals surface area contributed by atoms with E-state index in [0.717, 1.165) is 38.9 Å². The van der Waals surface area contributed by atoms with Crippen molar-refractivity contribution in [2.45, 2.75) is 13.8 Å². The van der Waals surface area contributed by atoms with E-state index in [-0.39, 0.29) is 36.7 Å². The number of benzene rings is 1. The van der Waals surface area contributed by atoms with Gasteiger partial charge >= 0.3 is 0 Å². The Kier molecular flexibility index (Phi) is 6.45. The summed E-state index contributed by atoms with van der Waals surface area (Å²) in [6.45, 7) is 3.81. The first kappa shape index (κ1) is 22.5. The maximum absolute atomic E-state index is 12.6. The monoisotopic (exact) mass is 465 g/mol. The lowest BCUT2D eigenvalue weighted by atomic mass is 10.2. The van der Waals surface area contributed by atoms with Gasteiger partial charge in [0.15, 0.2) is 12.3 Å². The van der Waals surface area contributed by atoms with E-state index in [4.69, 9.17) is 4.74 Å². The van der Waals surface area contributed by atoms with Gasteiger partial charge in [0.25, 0.3) is 17.1 Å². The van der Waals surface area contributed by atoms with Crippen LogP contribution in [0, 0.1) is 13.8 Å². The SMILES string of the molecule is Cc1cc(C)c2c(OCC(=O)NCCN3C(=O)S/C(=C/c4ccccc4)C3=O)nn(C)c2n1. The van der Waals surface area contributed by atoms with E-state index in [2.05, 4.69) is 15.4 Å². The number of nitrogens with zero attached hydrogens (tertiary/aromatic N) is 4. The van der Waals surface area contributed by atoms with Gasteiger partial charge in [-0.05, 0) is 48.9 Å². The number of nitrogens with one attached hydrogen (secondary N) is 1. The Morgan fingerprint density at radius 2 is 1.97 bits per heavy atom. The van der Waals surface area contributed by atoms with Crippen molar-refractivity contribution < 1.29 is 19.1 Å². The average Bonchev–Trinajstić information content (AvgIpc) is 3.23. The van der Waals surface area contributed by atoms with Gasteiger partial charge in [-0.3, -0.25) is 19.3 Å². The van der Waals surface area contributed by atoms with Crippen LogP contribution >= 0.6 is 11.8 Å². The van der Waals surface area contributed by atoms with Crippen LogP contribution < -0.4 is 10.1 Å². The minimum atomic E-state index is -0.377. The third-order valence-electron chi connectivity index (χ3n) is 5.06. The van der Waals surface area contributed by atoms with Crippen molar-refractivity contribution in [3.8, 4) is 5.88 Å². The van der Waals surface area contributed by atoms with Crippen LogP contribution in [0.1, 0.15) is 16.8 Å². The van der Waals surface area contributed by atoms with Gasteiger partial charge in [-0.15, -0.1) is 5.10 Å². The Balaban J connectivity index is 1.30. The van der Waals surface area contributed by atoms with Crippen LogP contribution in [0.5, 0.6) is 5.88 Å². The summed E-state index contributed by atoms with van der Waals surface area (Å²) < 4.78 is 7.24. The third kappa shape index (κ3) is 4.90. The molecule has 1 aliphatic heterocycles. The molecule has 170 valence electrons. The summed E-state index contributed by atoms with van der Waals surface area (Å²) in [6.07, 6.45) is 1.69. The van der Waals surface area contributed by atoms with Gasteiger partial charge in [-0.25, -0.2) is 9.67 Å². The molecule has 1 aliphatic rings. The molecule has 10 heteroatoms. The zero-order chi connectivity index (χ0) is 23.5. The van der Waals surface area contributed by atoms with Crippen LogP contribution in [0.4, 0.5) is 4.79 Å². The number of carbonyl (C=O) groups is 3. The zero-order valence-corrected chi connectivity index (χ0v) is 19.3. The highest BCUT2D eigenvalue weighted by Gasteiger charge is 2.34. The van der Waals surface area contributed by atoms with Gasteiger partial charge in [0.1, 0.15) is 0 Å². The van der Waals surface area contributed by atoms with Crippen molar-refractivity contribution in [3.05, 3.63) is 58.1 Å². The Bertz CT molecular complexity index is 1270. The second-order valence-corrected chi connectivity index (χ2v) is 8.58. The van der Waals surface area contributed by atoms with Crippen molar-refractivity contribution in [2.24, 2.45) is 7.05 Å². The lowest BCUT2D eigenvalue weighted by Gasteiger charge is -2.13. The molecule has 1 saturated heterocycles. The smallest absolute Gasteiger partial charge is 0.293 e. The number of hydrogen-bond donors (Lipinski definition) is 1. The summed E-state index contributed by atoms with van der Waals surface area (Å²) in [4.78, 5) is 43.0. The van der Waals surface area contributed by atoms with Crippen LogP contribution in [-0.4, -0.2) is 56.4 Å². The highest BCUT2D eigenvalue weighted by Crippen LogP contribution is 2.32. The number of fused-ring (bicyclic) bond motifs is 1. The van der Waals surface area contributed by atoms with E-state index < -0.39 is 0 Å². The van der Waals surface area contributed by atoms with Crippen LogP contribution in [0.15, 0.2) is 41.3 Å². The average molecular weight is 466 g/mol. The Morgan fingerprint density at radius 1 is 1.21 bits per heavy atom. The Labute approximate surface area is 194 Å². The maximum atomic E-state index is 12.6. The molecule has 0 bridgehead atoms. The van der Waals surface area contributed by atoms with Crippen molar-refractivity contribution in [3.63, 3.8) is 0 Å². The molecule has 0 radical (unpaired) electrons. The molecule has 3 aromatic rings. The molecule has 2 aromatic heterocycles. The summed E-state index contributed by atoms with van der Waals surface area (Å²) >= 11 is 0.893. The predicted molar refractivity (Wildman–Crippen MR) is 126 cm³/mol. The quantitative estimate of drug-likeness (QED) is 0.535. The fourth-order valence-electron chi connectivity index (χ4n) is 3.54. The number of carbonyl (C=O) groups excluding carboxylic acids is 3. The molecule has 4 rings (SSSR count). The van der Waals surface area contributed by atoms with Crippen molar-refractivity contribution in [1.29, 1.82) is 0 Å². The molecule has 9 nitrogen and oxygen atoms in total. The minimum Gasteiger partial charge on any atom is -0.466 e. The molecule has 1 N–H and O–H groups in total. The Morgan fingerprint density at radius 3 is 2.73 bits per heavy atom. The molecule has 0 aliphatic carbocycles. The second kappa shape index (κ2) is 9.45. The fourth-order valence-corrected chi connectivity index (χ4v) is 4.40. The lowest BCUT2D eigenvalue weighted by molar-refractivity contribution is -0.125. The van der Waals surface area contributed by atoms with E-state index in [1.807, 2.05) is 50.2 Å². The number of hydrogen-bond acceptors (Lipinski definition) is 7.